The van der Waals surface area contributed by atoms with Crippen molar-refractivity contribution in [2.45, 2.75) is 18.2 Å². The summed E-state index contributed by atoms with van der Waals surface area (Å²) >= 11 is 5.90. The Hall–Kier alpha value is -0.620. The molecule has 0 aliphatic carbocycles. The fourth-order valence-electron chi connectivity index (χ4n) is 2.05. The molecule has 1 aromatic rings. The van der Waals surface area contributed by atoms with Gasteiger partial charge in [0.25, 0.3) is 0 Å². The zero-order chi connectivity index (χ0) is 13.2. The summed E-state index contributed by atoms with van der Waals surface area (Å²) in [5.74, 6) is 0. The molecule has 6 heteroatoms. The quantitative estimate of drug-likeness (QED) is 0.900. The molecule has 0 amide bonds. The Balaban J connectivity index is 2.37. The number of aryl methyl sites for hydroxylation is 1. The normalized spacial score (nSPS) is 18.6. The molecule has 0 spiro atoms. The Morgan fingerprint density at radius 3 is 2.83 bits per heavy atom. The van der Waals surface area contributed by atoms with Gasteiger partial charge in [-0.15, -0.1) is 0 Å². The molecule has 1 heterocycles. The first-order valence-electron chi connectivity index (χ1n) is 5.99. The van der Waals surface area contributed by atoms with Crippen LogP contribution in [0, 0.1) is 6.92 Å². The van der Waals surface area contributed by atoms with E-state index < -0.39 is 10.0 Å². The molecule has 0 radical (unpaired) electrons. The molecule has 1 aliphatic rings. The van der Waals surface area contributed by atoms with E-state index in [-0.39, 0.29) is 0 Å². The number of hydrogen-bond donors (Lipinski definition) is 1. The topological polar surface area (TPSA) is 49.4 Å². The van der Waals surface area contributed by atoms with Crippen LogP contribution in [-0.4, -0.2) is 38.9 Å². The molecular formula is C12H17ClN2O2S. The minimum absolute atomic E-state index is 0.317. The van der Waals surface area contributed by atoms with E-state index in [0.717, 1.165) is 18.5 Å². The van der Waals surface area contributed by atoms with Crippen LogP contribution < -0.4 is 5.32 Å². The minimum Gasteiger partial charge on any atom is -0.315 e. The van der Waals surface area contributed by atoms with E-state index in [4.69, 9.17) is 11.6 Å². The van der Waals surface area contributed by atoms with Gasteiger partial charge in [-0.1, -0.05) is 17.7 Å². The van der Waals surface area contributed by atoms with Gasteiger partial charge in [-0.05, 0) is 37.6 Å². The highest BCUT2D eigenvalue weighted by molar-refractivity contribution is 7.89. The molecule has 0 atom stereocenters. The smallest absolute Gasteiger partial charge is 0.243 e. The fourth-order valence-corrected chi connectivity index (χ4v) is 4.02. The standard InChI is InChI=1S/C12H17ClN2O2S/c1-10-3-4-11(13)9-12(10)18(16,17)15-7-2-5-14-6-8-15/h3-4,9,14H,2,5-8H2,1H3. The molecule has 18 heavy (non-hydrogen) atoms. The molecule has 1 saturated heterocycles. The van der Waals surface area contributed by atoms with Gasteiger partial charge in [0.1, 0.15) is 0 Å². The Kier molecular flexibility index (Phi) is 4.27. The van der Waals surface area contributed by atoms with Gasteiger partial charge in [0.15, 0.2) is 0 Å². The van der Waals surface area contributed by atoms with Gasteiger partial charge in [-0.25, -0.2) is 8.42 Å². The van der Waals surface area contributed by atoms with Crippen molar-refractivity contribution in [3.63, 3.8) is 0 Å². The van der Waals surface area contributed by atoms with Crippen LogP contribution in [0.3, 0.4) is 0 Å². The summed E-state index contributed by atoms with van der Waals surface area (Å²) in [6.07, 6.45) is 0.832. The van der Waals surface area contributed by atoms with E-state index in [9.17, 15) is 8.42 Å². The van der Waals surface area contributed by atoms with Gasteiger partial charge in [-0.3, -0.25) is 0 Å². The van der Waals surface area contributed by atoms with E-state index in [2.05, 4.69) is 5.32 Å². The van der Waals surface area contributed by atoms with Crippen molar-refractivity contribution in [2.24, 2.45) is 0 Å². The van der Waals surface area contributed by atoms with Crippen LogP contribution in [0.15, 0.2) is 23.1 Å². The van der Waals surface area contributed by atoms with Crippen LogP contribution >= 0.6 is 11.6 Å². The second-order valence-corrected chi connectivity index (χ2v) is 6.76. The first-order valence-corrected chi connectivity index (χ1v) is 7.80. The SMILES string of the molecule is Cc1ccc(Cl)cc1S(=O)(=O)N1CCCNCC1. The van der Waals surface area contributed by atoms with Crippen LogP contribution in [0.25, 0.3) is 0 Å². The lowest BCUT2D eigenvalue weighted by Crippen LogP contribution is -2.34. The number of nitrogens with one attached hydrogen (secondary N) is 1. The second-order valence-electron chi connectivity index (χ2n) is 4.42. The zero-order valence-electron chi connectivity index (χ0n) is 10.3. The van der Waals surface area contributed by atoms with Crippen LogP contribution in [0.4, 0.5) is 0 Å². The van der Waals surface area contributed by atoms with Crippen molar-refractivity contribution in [3.8, 4) is 0 Å². The van der Waals surface area contributed by atoms with Gasteiger partial charge in [0.2, 0.25) is 10.0 Å². The van der Waals surface area contributed by atoms with Gasteiger partial charge < -0.3 is 5.32 Å². The number of benzene rings is 1. The molecule has 0 bridgehead atoms. The average Bonchev–Trinajstić information content (AvgIpc) is 2.61. The van der Waals surface area contributed by atoms with E-state index in [1.165, 1.54) is 10.4 Å². The van der Waals surface area contributed by atoms with Crippen LogP contribution in [0.5, 0.6) is 0 Å². The van der Waals surface area contributed by atoms with Crippen molar-refractivity contribution in [1.82, 2.24) is 9.62 Å². The molecular weight excluding hydrogens is 272 g/mol. The number of rotatable bonds is 2. The predicted molar refractivity (Wildman–Crippen MR) is 72.4 cm³/mol. The van der Waals surface area contributed by atoms with Crippen molar-refractivity contribution < 1.29 is 8.42 Å². The van der Waals surface area contributed by atoms with Gasteiger partial charge in [0, 0.05) is 24.7 Å². The van der Waals surface area contributed by atoms with Crippen LogP contribution in [0.2, 0.25) is 5.02 Å². The van der Waals surface area contributed by atoms with E-state index >= 15 is 0 Å². The Morgan fingerprint density at radius 2 is 2.06 bits per heavy atom. The summed E-state index contributed by atoms with van der Waals surface area (Å²) in [7, 11) is -3.43. The first kappa shape index (κ1) is 13.8. The summed E-state index contributed by atoms with van der Waals surface area (Å²) in [6.45, 7) is 4.41. The third-order valence-electron chi connectivity index (χ3n) is 3.07. The maximum absolute atomic E-state index is 12.6. The molecule has 1 aliphatic heterocycles. The van der Waals surface area contributed by atoms with Gasteiger partial charge in [-0.2, -0.15) is 4.31 Å². The van der Waals surface area contributed by atoms with Crippen molar-refractivity contribution >= 4 is 21.6 Å². The molecule has 1 aromatic carbocycles. The highest BCUT2D eigenvalue weighted by atomic mass is 35.5. The molecule has 1 N–H and O–H groups in total. The van der Waals surface area contributed by atoms with Crippen molar-refractivity contribution in [2.75, 3.05) is 26.2 Å². The van der Waals surface area contributed by atoms with E-state index in [0.29, 0.717) is 29.6 Å². The lowest BCUT2D eigenvalue weighted by atomic mass is 10.2. The molecule has 4 nitrogen and oxygen atoms in total. The summed E-state index contributed by atoms with van der Waals surface area (Å²) in [6, 6.07) is 4.98. The Labute approximate surface area is 113 Å². The third-order valence-corrected chi connectivity index (χ3v) is 5.34. The van der Waals surface area contributed by atoms with Crippen LogP contribution in [-0.2, 0) is 10.0 Å². The van der Waals surface area contributed by atoms with Gasteiger partial charge in [0.05, 0.1) is 4.90 Å². The lowest BCUT2D eigenvalue weighted by molar-refractivity contribution is 0.431. The second kappa shape index (κ2) is 5.57. The summed E-state index contributed by atoms with van der Waals surface area (Å²) < 4.78 is 26.6. The maximum atomic E-state index is 12.6. The highest BCUT2D eigenvalue weighted by Gasteiger charge is 2.26. The minimum atomic E-state index is -3.43. The molecule has 0 unspecified atom stereocenters. The predicted octanol–water partition coefficient (Wildman–Crippen LogP) is 1.63. The molecule has 0 aromatic heterocycles. The maximum Gasteiger partial charge on any atom is 0.243 e. The number of sulfonamides is 1. The fraction of sp³-hybridized carbons (Fsp3) is 0.500. The lowest BCUT2D eigenvalue weighted by Gasteiger charge is -2.20. The van der Waals surface area contributed by atoms with E-state index in [1.54, 1.807) is 19.1 Å². The monoisotopic (exact) mass is 288 g/mol. The number of nitrogens with zero attached hydrogens (tertiary/aromatic N) is 1. The molecule has 0 saturated carbocycles. The van der Waals surface area contributed by atoms with Crippen molar-refractivity contribution in [3.05, 3.63) is 28.8 Å². The highest BCUT2D eigenvalue weighted by Crippen LogP contribution is 2.23. The summed E-state index contributed by atoms with van der Waals surface area (Å²) in [5, 5.41) is 3.65. The van der Waals surface area contributed by atoms with Crippen LogP contribution in [0.1, 0.15) is 12.0 Å². The summed E-state index contributed by atoms with van der Waals surface area (Å²) in [5.41, 5.74) is 0.733. The largest absolute Gasteiger partial charge is 0.315 e. The molecule has 100 valence electrons. The number of halogens is 1. The first-order chi connectivity index (χ1) is 8.51. The zero-order valence-corrected chi connectivity index (χ0v) is 11.9. The number of hydrogen-bond acceptors (Lipinski definition) is 3. The van der Waals surface area contributed by atoms with E-state index in [1.807, 2.05) is 0 Å². The molecule has 1 fully saturated rings. The Bertz CT molecular complexity index is 523. The average molecular weight is 289 g/mol. The Morgan fingerprint density at radius 1 is 1.28 bits per heavy atom. The van der Waals surface area contributed by atoms with Gasteiger partial charge >= 0.3 is 0 Å². The molecule has 2 rings (SSSR count). The third kappa shape index (κ3) is 2.85. The summed E-state index contributed by atoms with van der Waals surface area (Å²) in [4.78, 5) is 0.317. The van der Waals surface area contributed by atoms with Crippen molar-refractivity contribution in [1.29, 1.82) is 0 Å².